The average molecular weight is 226 g/mol. The van der Waals surface area contributed by atoms with Gasteiger partial charge in [0.2, 0.25) is 0 Å². The molecule has 0 aromatic heterocycles. The number of anilines is 1. The van der Waals surface area contributed by atoms with Crippen molar-refractivity contribution in [1.29, 1.82) is 0 Å². The van der Waals surface area contributed by atoms with E-state index in [2.05, 4.69) is 27.8 Å². The van der Waals surface area contributed by atoms with Gasteiger partial charge in [-0.25, -0.2) is 0 Å². The summed E-state index contributed by atoms with van der Waals surface area (Å²) in [6.45, 7) is 4.33. The van der Waals surface area contributed by atoms with Crippen molar-refractivity contribution in [3.8, 4) is 5.75 Å². The van der Waals surface area contributed by atoms with Gasteiger partial charge in [0, 0.05) is 10.2 Å². The third-order valence-corrected chi connectivity index (χ3v) is 2.15. The Balaban J connectivity index is 2.43. The van der Waals surface area contributed by atoms with E-state index in [1.54, 1.807) is 0 Å². The van der Waals surface area contributed by atoms with E-state index in [9.17, 15) is 0 Å². The molecule has 0 radical (unpaired) electrons. The minimum atomic E-state index is 0.545. The molecule has 2 rings (SSSR count). The molecule has 1 aliphatic rings. The highest BCUT2D eigenvalue weighted by molar-refractivity contribution is 9.10. The highest BCUT2D eigenvalue weighted by Crippen LogP contribution is 2.31. The standard InChI is InChI=1S/C9H8BrNO/c1-6-5-12-9-4-7(10)2-3-8(9)11-6/h2-4,11H,1,5H2. The zero-order chi connectivity index (χ0) is 8.55. The largest absolute Gasteiger partial charge is 0.485 e. The molecule has 1 N–H and O–H groups in total. The Hall–Kier alpha value is -0.960. The van der Waals surface area contributed by atoms with Gasteiger partial charge in [0.15, 0.2) is 0 Å². The van der Waals surface area contributed by atoms with Gasteiger partial charge in [-0.1, -0.05) is 22.5 Å². The van der Waals surface area contributed by atoms with Crippen LogP contribution in [0.1, 0.15) is 0 Å². The zero-order valence-corrected chi connectivity index (χ0v) is 8.02. The predicted octanol–water partition coefficient (Wildman–Crippen LogP) is 2.77. The molecule has 0 spiro atoms. The molecule has 3 heteroatoms. The maximum atomic E-state index is 5.42. The van der Waals surface area contributed by atoms with Crippen molar-refractivity contribution in [1.82, 2.24) is 0 Å². The van der Waals surface area contributed by atoms with Crippen LogP contribution in [0, 0.1) is 0 Å². The second kappa shape index (κ2) is 2.83. The monoisotopic (exact) mass is 225 g/mol. The van der Waals surface area contributed by atoms with Crippen LogP contribution in [-0.2, 0) is 0 Å². The maximum absolute atomic E-state index is 5.42. The SMILES string of the molecule is C=C1COc2cc(Br)ccc2N1. The molecule has 2 nitrogen and oxygen atoms in total. The second-order valence-corrected chi connectivity index (χ2v) is 3.57. The number of fused-ring (bicyclic) bond motifs is 1. The van der Waals surface area contributed by atoms with E-state index in [-0.39, 0.29) is 0 Å². The molecule has 1 aliphatic heterocycles. The minimum Gasteiger partial charge on any atom is -0.485 e. The smallest absolute Gasteiger partial charge is 0.144 e. The minimum absolute atomic E-state index is 0.545. The van der Waals surface area contributed by atoms with Gasteiger partial charge in [-0.15, -0.1) is 0 Å². The molecule has 0 saturated heterocycles. The number of rotatable bonds is 0. The van der Waals surface area contributed by atoms with Gasteiger partial charge in [0.05, 0.1) is 5.69 Å². The van der Waals surface area contributed by atoms with Crippen LogP contribution in [-0.4, -0.2) is 6.61 Å². The van der Waals surface area contributed by atoms with Crippen molar-refractivity contribution < 1.29 is 4.74 Å². The molecule has 1 heterocycles. The van der Waals surface area contributed by atoms with E-state index < -0.39 is 0 Å². The highest BCUT2D eigenvalue weighted by atomic mass is 79.9. The van der Waals surface area contributed by atoms with Gasteiger partial charge in [-0.2, -0.15) is 0 Å². The van der Waals surface area contributed by atoms with Crippen molar-refractivity contribution in [2.45, 2.75) is 0 Å². The number of nitrogens with one attached hydrogen (secondary N) is 1. The van der Waals surface area contributed by atoms with Crippen molar-refractivity contribution in [3.05, 3.63) is 34.9 Å². The Labute approximate surface area is 79.4 Å². The Morgan fingerprint density at radius 1 is 1.50 bits per heavy atom. The predicted molar refractivity (Wildman–Crippen MR) is 52.4 cm³/mol. The molecule has 0 saturated carbocycles. The first-order chi connectivity index (χ1) is 5.75. The van der Waals surface area contributed by atoms with Crippen LogP contribution in [0.15, 0.2) is 34.9 Å². The molecule has 0 fully saturated rings. The Kier molecular flexibility index (Phi) is 1.81. The van der Waals surface area contributed by atoms with Crippen molar-refractivity contribution in [3.63, 3.8) is 0 Å². The van der Waals surface area contributed by atoms with Crippen LogP contribution in [0.2, 0.25) is 0 Å². The molecule has 0 bridgehead atoms. The summed E-state index contributed by atoms with van der Waals surface area (Å²) in [5, 5.41) is 3.15. The first kappa shape index (κ1) is 7.68. The summed E-state index contributed by atoms with van der Waals surface area (Å²) in [7, 11) is 0. The maximum Gasteiger partial charge on any atom is 0.144 e. The van der Waals surface area contributed by atoms with Gasteiger partial charge < -0.3 is 10.1 Å². The Morgan fingerprint density at radius 2 is 2.33 bits per heavy atom. The summed E-state index contributed by atoms with van der Waals surface area (Å²) in [5.74, 6) is 0.872. The van der Waals surface area contributed by atoms with Gasteiger partial charge in [0.25, 0.3) is 0 Å². The molecule has 12 heavy (non-hydrogen) atoms. The fourth-order valence-corrected chi connectivity index (χ4v) is 1.45. The third kappa shape index (κ3) is 1.32. The van der Waals surface area contributed by atoms with Gasteiger partial charge in [0.1, 0.15) is 12.4 Å². The topological polar surface area (TPSA) is 21.3 Å². The molecular weight excluding hydrogens is 218 g/mol. The summed E-state index contributed by atoms with van der Waals surface area (Å²) in [6, 6.07) is 5.87. The summed E-state index contributed by atoms with van der Waals surface area (Å²) in [5.41, 5.74) is 1.87. The molecule has 0 amide bonds. The van der Waals surface area contributed by atoms with E-state index in [0.29, 0.717) is 6.61 Å². The van der Waals surface area contributed by atoms with Crippen LogP contribution < -0.4 is 10.1 Å². The highest BCUT2D eigenvalue weighted by Gasteiger charge is 2.11. The van der Waals surface area contributed by atoms with E-state index in [0.717, 1.165) is 21.6 Å². The van der Waals surface area contributed by atoms with Crippen LogP contribution in [0.4, 0.5) is 5.69 Å². The zero-order valence-electron chi connectivity index (χ0n) is 6.43. The van der Waals surface area contributed by atoms with Gasteiger partial charge in [-0.05, 0) is 18.2 Å². The number of benzene rings is 1. The average Bonchev–Trinajstić information content (AvgIpc) is 2.05. The lowest BCUT2D eigenvalue weighted by Crippen LogP contribution is -2.14. The molecule has 62 valence electrons. The number of hydrogen-bond donors (Lipinski definition) is 1. The van der Waals surface area contributed by atoms with Crippen molar-refractivity contribution in [2.24, 2.45) is 0 Å². The normalized spacial score (nSPS) is 14.6. The van der Waals surface area contributed by atoms with E-state index in [4.69, 9.17) is 4.74 Å². The molecule has 0 atom stereocenters. The molecule has 1 aromatic rings. The molecule has 0 aliphatic carbocycles. The quantitative estimate of drug-likeness (QED) is 0.734. The summed E-state index contributed by atoms with van der Waals surface area (Å²) in [6.07, 6.45) is 0. The lowest BCUT2D eigenvalue weighted by molar-refractivity contribution is 0.346. The molecule has 1 aromatic carbocycles. The van der Waals surface area contributed by atoms with Crippen LogP contribution in [0.3, 0.4) is 0 Å². The lowest BCUT2D eigenvalue weighted by Gasteiger charge is -2.20. The van der Waals surface area contributed by atoms with Gasteiger partial charge in [-0.3, -0.25) is 0 Å². The van der Waals surface area contributed by atoms with Crippen LogP contribution in [0.25, 0.3) is 0 Å². The van der Waals surface area contributed by atoms with Crippen molar-refractivity contribution in [2.75, 3.05) is 11.9 Å². The molecular formula is C9H8BrNO. The summed E-state index contributed by atoms with van der Waals surface area (Å²) < 4.78 is 6.45. The first-order valence-corrected chi connectivity index (χ1v) is 4.42. The van der Waals surface area contributed by atoms with E-state index >= 15 is 0 Å². The molecule has 0 unspecified atom stereocenters. The fourth-order valence-electron chi connectivity index (χ4n) is 1.11. The summed E-state index contributed by atoms with van der Waals surface area (Å²) >= 11 is 3.38. The Bertz CT molecular complexity index is 335. The van der Waals surface area contributed by atoms with Gasteiger partial charge >= 0.3 is 0 Å². The number of ether oxygens (including phenoxy) is 1. The number of halogens is 1. The number of hydrogen-bond acceptors (Lipinski definition) is 2. The fraction of sp³-hybridized carbons (Fsp3) is 0.111. The Morgan fingerprint density at radius 3 is 3.17 bits per heavy atom. The lowest BCUT2D eigenvalue weighted by atomic mass is 10.2. The van der Waals surface area contributed by atoms with Crippen LogP contribution in [0.5, 0.6) is 5.75 Å². The van der Waals surface area contributed by atoms with E-state index in [1.165, 1.54) is 0 Å². The van der Waals surface area contributed by atoms with E-state index in [1.807, 2.05) is 18.2 Å². The summed E-state index contributed by atoms with van der Waals surface area (Å²) in [4.78, 5) is 0. The van der Waals surface area contributed by atoms with Crippen LogP contribution >= 0.6 is 15.9 Å². The third-order valence-electron chi connectivity index (χ3n) is 1.66. The first-order valence-electron chi connectivity index (χ1n) is 3.63. The van der Waals surface area contributed by atoms with Crippen molar-refractivity contribution >= 4 is 21.6 Å². The second-order valence-electron chi connectivity index (χ2n) is 2.66.